The highest BCUT2D eigenvalue weighted by Gasteiger charge is 2.12. The Morgan fingerprint density at radius 1 is 1.14 bits per heavy atom. The maximum Gasteiger partial charge on any atom is 0.282 e. The Morgan fingerprint density at radius 2 is 1.92 bits per heavy atom. The fraction of sp³-hybridized carbons (Fsp3) is 0.154. The third-order valence-electron chi connectivity index (χ3n) is 5.10. The molecule has 0 saturated carbocycles. The van der Waals surface area contributed by atoms with Crippen molar-refractivity contribution in [3.63, 3.8) is 0 Å². The van der Waals surface area contributed by atoms with Crippen molar-refractivity contribution in [2.75, 3.05) is 11.9 Å². The summed E-state index contributed by atoms with van der Waals surface area (Å²) in [6.07, 6.45) is 2.85. The number of anilines is 1. The summed E-state index contributed by atoms with van der Waals surface area (Å²) in [5, 5.41) is 7.47. The molecule has 0 unspecified atom stereocenters. The molecular formula is C26H21Br2FN4O3. The van der Waals surface area contributed by atoms with Crippen LogP contribution in [0.3, 0.4) is 0 Å². The van der Waals surface area contributed by atoms with Crippen molar-refractivity contribution in [3.8, 4) is 5.75 Å². The highest BCUT2D eigenvalue weighted by Crippen LogP contribution is 2.22. The monoisotopic (exact) mass is 614 g/mol. The largest absolute Gasteiger partial charge is 0.483 e. The molecule has 0 fully saturated rings. The minimum Gasteiger partial charge on any atom is -0.483 e. The highest BCUT2D eigenvalue weighted by molar-refractivity contribution is 9.10. The van der Waals surface area contributed by atoms with E-state index in [1.165, 1.54) is 29.1 Å². The maximum atomic E-state index is 13.4. The van der Waals surface area contributed by atoms with Crippen molar-refractivity contribution < 1.29 is 13.9 Å². The van der Waals surface area contributed by atoms with Crippen molar-refractivity contribution in [2.24, 2.45) is 5.10 Å². The van der Waals surface area contributed by atoms with E-state index < -0.39 is 11.7 Å². The van der Waals surface area contributed by atoms with E-state index in [0.717, 1.165) is 15.4 Å². The van der Waals surface area contributed by atoms with E-state index in [9.17, 15) is 14.0 Å². The summed E-state index contributed by atoms with van der Waals surface area (Å²) in [5.74, 6) is 0.0314. The molecule has 0 aliphatic rings. The molecule has 0 spiro atoms. The number of aryl methyl sites for hydroxylation is 1. The SMILES string of the molecule is CCCc1nc2ccc(Br)cc2c(=O)n1N=Cc1cc(Br)ccc1OCC(=O)Nc1cccc(F)c1. The van der Waals surface area contributed by atoms with Crippen LogP contribution >= 0.6 is 31.9 Å². The molecule has 10 heteroatoms. The highest BCUT2D eigenvalue weighted by atomic mass is 79.9. The van der Waals surface area contributed by atoms with E-state index in [1.807, 2.05) is 13.0 Å². The first kappa shape index (κ1) is 25.7. The number of nitrogens with one attached hydrogen (secondary N) is 1. The van der Waals surface area contributed by atoms with Crippen LogP contribution in [0.5, 0.6) is 5.75 Å². The number of benzene rings is 3. The second kappa shape index (κ2) is 11.6. The lowest BCUT2D eigenvalue weighted by Crippen LogP contribution is -2.22. The van der Waals surface area contributed by atoms with Gasteiger partial charge >= 0.3 is 0 Å². The number of nitrogens with zero attached hydrogens (tertiary/aromatic N) is 3. The number of rotatable bonds is 8. The molecule has 4 rings (SSSR count). The number of halogens is 3. The second-order valence-corrected chi connectivity index (χ2v) is 9.66. The number of carbonyl (C=O) groups excluding carboxylic acids is 1. The van der Waals surface area contributed by atoms with Crippen LogP contribution < -0.4 is 15.6 Å². The van der Waals surface area contributed by atoms with Crippen LogP contribution in [-0.2, 0) is 11.2 Å². The first-order valence-corrected chi connectivity index (χ1v) is 12.7. The zero-order valence-corrected chi connectivity index (χ0v) is 22.3. The molecule has 0 saturated heterocycles. The molecule has 3 aromatic carbocycles. The summed E-state index contributed by atoms with van der Waals surface area (Å²) in [4.78, 5) is 30.2. The smallest absolute Gasteiger partial charge is 0.282 e. The van der Waals surface area contributed by atoms with Gasteiger partial charge in [-0.2, -0.15) is 9.78 Å². The molecular weight excluding hydrogens is 595 g/mol. The van der Waals surface area contributed by atoms with Crippen LogP contribution in [0.15, 0.2) is 79.5 Å². The van der Waals surface area contributed by atoms with Gasteiger partial charge in [0.25, 0.3) is 11.5 Å². The van der Waals surface area contributed by atoms with Gasteiger partial charge in [0.15, 0.2) is 6.61 Å². The topological polar surface area (TPSA) is 85.6 Å². The summed E-state index contributed by atoms with van der Waals surface area (Å²) < 4.78 is 21.9. The summed E-state index contributed by atoms with van der Waals surface area (Å²) in [6, 6.07) is 16.2. The van der Waals surface area contributed by atoms with Gasteiger partial charge in [0.05, 0.1) is 17.1 Å². The lowest BCUT2D eigenvalue weighted by atomic mass is 10.2. The van der Waals surface area contributed by atoms with Gasteiger partial charge in [0.2, 0.25) is 0 Å². The van der Waals surface area contributed by atoms with Gasteiger partial charge in [-0.1, -0.05) is 44.8 Å². The minimum absolute atomic E-state index is 0.284. The molecule has 1 N–H and O–H groups in total. The molecule has 184 valence electrons. The fourth-order valence-electron chi connectivity index (χ4n) is 3.48. The Balaban J connectivity index is 1.61. The molecule has 1 heterocycles. The number of aromatic nitrogens is 2. The van der Waals surface area contributed by atoms with E-state index in [1.54, 1.807) is 36.4 Å². The van der Waals surface area contributed by atoms with Gasteiger partial charge in [-0.05, 0) is 61.0 Å². The molecule has 4 aromatic rings. The predicted octanol–water partition coefficient (Wildman–Crippen LogP) is 5.91. The molecule has 1 aromatic heterocycles. The van der Waals surface area contributed by atoms with Crippen LogP contribution in [0.2, 0.25) is 0 Å². The zero-order chi connectivity index (χ0) is 25.7. The average molecular weight is 616 g/mol. The van der Waals surface area contributed by atoms with Crippen LogP contribution in [0.4, 0.5) is 10.1 Å². The van der Waals surface area contributed by atoms with Gasteiger partial charge in [-0.25, -0.2) is 9.37 Å². The normalized spacial score (nSPS) is 11.2. The lowest BCUT2D eigenvalue weighted by Gasteiger charge is -2.11. The fourth-order valence-corrected chi connectivity index (χ4v) is 4.22. The van der Waals surface area contributed by atoms with E-state index in [4.69, 9.17) is 4.74 Å². The summed E-state index contributed by atoms with van der Waals surface area (Å²) in [7, 11) is 0. The summed E-state index contributed by atoms with van der Waals surface area (Å²) >= 11 is 6.83. The van der Waals surface area contributed by atoms with E-state index in [-0.39, 0.29) is 12.2 Å². The predicted molar refractivity (Wildman–Crippen MR) is 145 cm³/mol. The quantitative estimate of drug-likeness (QED) is 0.250. The first-order chi connectivity index (χ1) is 17.3. The average Bonchev–Trinajstić information content (AvgIpc) is 2.84. The number of hydrogen-bond acceptors (Lipinski definition) is 5. The molecule has 0 aliphatic carbocycles. The molecule has 36 heavy (non-hydrogen) atoms. The van der Waals surface area contributed by atoms with E-state index >= 15 is 0 Å². The molecule has 7 nitrogen and oxygen atoms in total. The van der Waals surface area contributed by atoms with Gasteiger partial charge in [0.1, 0.15) is 17.4 Å². The zero-order valence-electron chi connectivity index (χ0n) is 19.2. The number of hydrogen-bond donors (Lipinski definition) is 1. The number of ether oxygens (including phenoxy) is 1. The van der Waals surface area contributed by atoms with Crippen LogP contribution in [0.1, 0.15) is 24.7 Å². The number of amides is 1. The summed E-state index contributed by atoms with van der Waals surface area (Å²) in [6.45, 7) is 1.70. The van der Waals surface area contributed by atoms with Crippen LogP contribution in [-0.4, -0.2) is 28.4 Å². The first-order valence-electron chi connectivity index (χ1n) is 11.1. The standard InChI is InChI=1S/C26H21Br2FN4O3/c1-2-4-24-32-22-9-7-18(28)12-21(22)26(35)33(24)30-14-16-11-17(27)8-10-23(16)36-15-25(34)31-20-6-3-5-19(29)13-20/h3,5-14H,2,4,15H2,1H3,(H,31,34). The Bertz CT molecular complexity index is 1520. The van der Waals surface area contributed by atoms with Gasteiger partial charge in [0, 0.05) is 26.6 Å². The van der Waals surface area contributed by atoms with Crippen molar-refractivity contribution in [1.29, 1.82) is 0 Å². The maximum absolute atomic E-state index is 13.4. The third-order valence-corrected chi connectivity index (χ3v) is 6.09. The Hall–Kier alpha value is -3.37. The van der Waals surface area contributed by atoms with E-state index in [0.29, 0.717) is 40.1 Å². The van der Waals surface area contributed by atoms with Crippen LogP contribution in [0.25, 0.3) is 10.9 Å². The molecule has 0 atom stereocenters. The van der Waals surface area contributed by atoms with Crippen molar-refractivity contribution in [1.82, 2.24) is 9.66 Å². The van der Waals surface area contributed by atoms with Crippen molar-refractivity contribution in [3.05, 3.63) is 97.2 Å². The van der Waals surface area contributed by atoms with Gasteiger partial charge in [-0.15, -0.1) is 0 Å². The molecule has 0 aliphatic heterocycles. The molecule has 1 amide bonds. The summed E-state index contributed by atoms with van der Waals surface area (Å²) in [5.41, 5.74) is 1.20. The Labute approximate surface area is 223 Å². The van der Waals surface area contributed by atoms with Gasteiger partial charge < -0.3 is 10.1 Å². The Kier molecular flexibility index (Phi) is 8.27. The number of fused-ring (bicyclic) bond motifs is 1. The second-order valence-electron chi connectivity index (χ2n) is 7.83. The third kappa shape index (κ3) is 6.24. The van der Waals surface area contributed by atoms with Crippen LogP contribution in [0, 0.1) is 5.82 Å². The molecule has 0 bridgehead atoms. The number of carbonyl (C=O) groups is 1. The van der Waals surface area contributed by atoms with Crippen molar-refractivity contribution >= 4 is 60.6 Å². The van der Waals surface area contributed by atoms with E-state index in [2.05, 4.69) is 47.3 Å². The molecule has 0 radical (unpaired) electrons. The lowest BCUT2D eigenvalue weighted by molar-refractivity contribution is -0.118. The van der Waals surface area contributed by atoms with Crippen molar-refractivity contribution in [2.45, 2.75) is 19.8 Å². The minimum atomic E-state index is -0.451. The van der Waals surface area contributed by atoms with Gasteiger partial charge in [-0.3, -0.25) is 9.59 Å². The Morgan fingerprint density at radius 3 is 2.69 bits per heavy atom.